The molecule has 2 aromatic rings. The van der Waals surface area contributed by atoms with E-state index < -0.39 is 0 Å². The Morgan fingerprint density at radius 2 is 1.69 bits per heavy atom. The molecule has 1 heterocycles. The van der Waals surface area contributed by atoms with Crippen LogP contribution in [0.3, 0.4) is 0 Å². The Hall–Kier alpha value is -2.49. The molecule has 0 aromatic heterocycles. The molecule has 0 bridgehead atoms. The van der Waals surface area contributed by atoms with Gasteiger partial charge in [-0.2, -0.15) is 0 Å². The van der Waals surface area contributed by atoms with E-state index in [9.17, 15) is 4.79 Å². The molecule has 1 N–H and O–H groups in total. The van der Waals surface area contributed by atoms with Gasteiger partial charge in [0.15, 0.2) is 0 Å². The second kappa shape index (κ2) is 7.81. The first kappa shape index (κ1) is 18.3. The van der Waals surface area contributed by atoms with Crippen molar-refractivity contribution in [3.05, 3.63) is 59.2 Å². The third kappa shape index (κ3) is 4.01. The van der Waals surface area contributed by atoms with Crippen molar-refractivity contribution in [1.29, 1.82) is 0 Å². The Labute approximate surface area is 156 Å². The van der Waals surface area contributed by atoms with E-state index >= 15 is 0 Å². The zero-order chi connectivity index (χ0) is 18.7. The van der Waals surface area contributed by atoms with Gasteiger partial charge in [-0.25, -0.2) is 4.79 Å². The van der Waals surface area contributed by atoms with Crippen LogP contribution in [0.1, 0.15) is 36.5 Å². The van der Waals surface area contributed by atoms with Crippen molar-refractivity contribution >= 4 is 17.4 Å². The highest BCUT2D eigenvalue weighted by Crippen LogP contribution is 2.25. The van der Waals surface area contributed by atoms with Gasteiger partial charge >= 0.3 is 6.03 Å². The van der Waals surface area contributed by atoms with Gasteiger partial charge in [0.05, 0.1) is 0 Å². The third-order valence-electron chi connectivity index (χ3n) is 5.08. The number of carbonyl (C=O) groups is 1. The van der Waals surface area contributed by atoms with Crippen LogP contribution in [-0.2, 0) is 0 Å². The van der Waals surface area contributed by atoms with Crippen LogP contribution in [0.5, 0.6) is 0 Å². The van der Waals surface area contributed by atoms with Gasteiger partial charge < -0.3 is 15.1 Å². The molecule has 0 spiro atoms. The number of aryl methyl sites for hydroxylation is 2. The van der Waals surface area contributed by atoms with Gasteiger partial charge in [0.25, 0.3) is 0 Å². The molecule has 138 valence electrons. The highest BCUT2D eigenvalue weighted by molar-refractivity contribution is 5.90. The first-order valence-corrected chi connectivity index (χ1v) is 9.43. The molecule has 1 aliphatic rings. The Kier molecular flexibility index (Phi) is 5.50. The molecule has 0 aliphatic carbocycles. The summed E-state index contributed by atoms with van der Waals surface area (Å²) in [6, 6.07) is 14.6. The molecule has 3 rings (SSSR count). The van der Waals surface area contributed by atoms with E-state index in [2.05, 4.69) is 62.2 Å². The number of hydrogen-bond donors (Lipinski definition) is 1. The summed E-state index contributed by atoms with van der Waals surface area (Å²) in [5.41, 5.74) is 5.96. The number of anilines is 2. The third-order valence-corrected chi connectivity index (χ3v) is 5.08. The summed E-state index contributed by atoms with van der Waals surface area (Å²) in [5, 5.41) is 3.10. The first-order valence-electron chi connectivity index (χ1n) is 9.43. The number of rotatable bonds is 3. The minimum Gasteiger partial charge on any atom is -0.368 e. The van der Waals surface area contributed by atoms with E-state index in [-0.39, 0.29) is 6.03 Å². The Morgan fingerprint density at radius 3 is 2.35 bits per heavy atom. The van der Waals surface area contributed by atoms with E-state index in [1.165, 1.54) is 22.4 Å². The van der Waals surface area contributed by atoms with Crippen molar-refractivity contribution in [2.75, 3.05) is 36.4 Å². The van der Waals surface area contributed by atoms with Crippen LogP contribution in [0.25, 0.3) is 0 Å². The van der Waals surface area contributed by atoms with E-state index in [1.807, 2.05) is 23.1 Å². The fourth-order valence-corrected chi connectivity index (χ4v) is 3.62. The second-order valence-corrected chi connectivity index (χ2v) is 7.44. The Morgan fingerprint density at radius 1 is 1.00 bits per heavy atom. The normalized spacial score (nSPS) is 14.7. The Balaban J connectivity index is 1.62. The molecule has 0 atom stereocenters. The molecular weight excluding hydrogens is 322 g/mol. The van der Waals surface area contributed by atoms with Crippen molar-refractivity contribution in [2.45, 2.75) is 33.6 Å². The van der Waals surface area contributed by atoms with Gasteiger partial charge in [-0.3, -0.25) is 0 Å². The van der Waals surface area contributed by atoms with Gasteiger partial charge in [0.1, 0.15) is 0 Å². The molecule has 0 radical (unpaired) electrons. The molecule has 0 saturated carbocycles. The molecule has 1 saturated heterocycles. The molecule has 2 amide bonds. The van der Waals surface area contributed by atoms with Gasteiger partial charge in [0.2, 0.25) is 0 Å². The lowest BCUT2D eigenvalue weighted by molar-refractivity contribution is 0.208. The highest BCUT2D eigenvalue weighted by Gasteiger charge is 2.22. The van der Waals surface area contributed by atoms with Crippen molar-refractivity contribution in [2.24, 2.45) is 0 Å². The lowest BCUT2D eigenvalue weighted by Crippen LogP contribution is -2.50. The molecule has 4 nitrogen and oxygen atoms in total. The van der Waals surface area contributed by atoms with E-state index in [0.29, 0.717) is 5.92 Å². The van der Waals surface area contributed by atoms with Gasteiger partial charge in [-0.15, -0.1) is 0 Å². The largest absolute Gasteiger partial charge is 0.368 e. The summed E-state index contributed by atoms with van der Waals surface area (Å²) in [6.45, 7) is 11.8. The molecule has 0 unspecified atom stereocenters. The number of nitrogens with zero attached hydrogens (tertiary/aromatic N) is 2. The smallest absolute Gasteiger partial charge is 0.321 e. The molecule has 2 aromatic carbocycles. The summed E-state index contributed by atoms with van der Waals surface area (Å²) < 4.78 is 0. The van der Waals surface area contributed by atoms with Crippen molar-refractivity contribution in [3.8, 4) is 0 Å². The van der Waals surface area contributed by atoms with Crippen LogP contribution in [0.2, 0.25) is 0 Å². The predicted octanol–water partition coefficient (Wildman–Crippen LogP) is 4.78. The van der Waals surface area contributed by atoms with Crippen molar-refractivity contribution < 1.29 is 4.79 Å². The maximum Gasteiger partial charge on any atom is 0.321 e. The van der Waals surface area contributed by atoms with Crippen LogP contribution in [0.4, 0.5) is 16.2 Å². The summed E-state index contributed by atoms with van der Waals surface area (Å²) in [6.07, 6.45) is 0. The van der Waals surface area contributed by atoms with Gasteiger partial charge in [-0.1, -0.05) is 49.7 Å². The van der Waals surface area contributed by atoms with Crippen LogP contribution >= 0.6 is 0 Å². The van der Waals surface area contributed by atoms with Gasteiger partial charge in [-0.05, 0) is 43.0 Å². The number of piperazine rings is 1. The summed E-state index contributed by atoms with van der Waals surface area (Å²) in [4.78, 5) is 17.0. The Bertz CT molecular complexity index is 777. The van der Waals surface area contributed by atoms with E-state index in [1.54, 1.807) is 0 Å². The zero-order valence-electron chi connectivity index (χ0n) is 16.2. The summed E-state index contributed by atoms with van der Waals surface area (Å²) in [7, 11) is 0. The van der Waals surface area contributed by atoms with Crippen LogP contribution in [0.15, 0.2) is 42.5 Å². The zero-order valence-corrected chi connectivity index (χ0v) is 16.2. The van der Waals surface area contributed by atoms with Crippen LogP contribution in [-0.4, -0.2) is 37.1 Å². The molecule has 1 aliphatic heterocycles. The maximum absolute atomic E-state index is 12.7. The SMILES string of the molecule is Cc1ccc(N2CCN(C(=O)Nc3ccccc3C(C)C)CC2)c(C)c1. The number of carbonyl (C=O) groups excluding carboxylic acids is 1. The molecule has 1 fully saturated rings. The van der Waals surface area contributed by atoms with E-state index in [4.69, 9.17) is 0 Å². The van der Waals surface area contributed by atoms with E-state index in [0.717, 1.165) is 31.9 Å². The average molecular weight is 351 g/mol. The fraction of sp³-hybridized carbons (Fsp3) is 0.409. The standard InChI is InChI=1S/C22H29N3O/c1-16(2)19-7-5-6-8-20(19)23-22(26)25-13-11-24(12-14-25)21-10-9-17(3)15-18(21)4/h5-10,15-16H,11-14H2,1-4H3,(H,23,26). The van der Waals surface area contributed by atoms with Crippen molar-refractivity contribution in [1.82, 2.24) is 4.90 Å². The van der Waals surface area contributed by atoms with Crippen LogP contribution < -0.4 is 10.2 Å². The topological polar surface area (TPSA) is 35.6 Å². The molecule has 4 heteroatoms. The number of benzene rings is 2. The minimum absolute atomic E-state index is 0.00150. The van der Waals surface area contributed by atoms with Gasteiger partial charge in [0, 0.05) is 37.6 Å². The number of urea groups is 1. The van der Waals surface area contributed by atoms with Crippen LogP contribution in [0, 0.1) is 13.8 Å². The summed E-state index contributed by atoms with van der Waals surface area (Å²) in [5.74, 6) is 0.382. The number of para-hydroxylation sites is 1. The van der Waals surface area contributed by atoms with Crippen molar-refractivity contribution in [3.63, 3.8) is 0 Å². The minimum atomic E-state index is -0.00150. The summed E-state index contributed by atoms with van der Waals surface area (Å²) >= 11 is 0. The highest BCUT2D eigenvalue weighted by atomic mass is 16.2. The monoisotopic (exact) mass is 351 g/mol. The maximum atomic E-state index is 12.7. The number of amides is 2. The predicted molar refractivity (Wildman–Crippen MR) is 109 cm³/mol. The molecular formula is C22H29N3O. The fourth-order valence-electron chi connectivity index (χ4n) is 3.62. The first-order chi connectivity index (χ1) is 12.5. The average Bonchev–Trinajstić information content (AvgIpc) is 2.62. The lowest BCUT2D eigenvalue weighted by atomic mass is 10.0. The lowest BCUT2D eigenvalue weighted by Gasteiger charge is -2.37. The second-order valence-electron chi connectivity index (χ2n) is 7.44. The number of hydrogen-bond acceptors (Lipinski definition) is 2. The molecule has 26 heavy (non-hydrogen) atoms. The number of nitrogens with one attached hydrogen (secondary N) is 1. The quantitative estimate of drug-likeness (QED) is 0.864.